The van der Waals surface area contributed by atoms with Crippen molar-refractivity contribution >= 4 is 5.69 Å². The fourth-order valence-electron chi connectivity index (χ4n) is 1.87. The zero-order valence-electron chi connectivity index (χ0n) is 10.3. The summed E-state index contributed by atoms with van der Waals surface area (Å²) in [5.41, 5.74) is 4.52. The summed E-state index contributed by atoms with van der Waals surface area (Å²) in [4.78, 5) is 0. The quantitative estimate of drug-likeness (QED) is 0.855. The second-order valence-electron chi connectivity index (χ2n) is 4.20. The molecule has 0 bridgehead atoms. The molecule has 0 saturated carbocycles. The molecule has 1 aromatic heterocycles. The first-order valence-corrected chi connectivity index (χ1v) is 5.59. The molecule has 2 rings (SSSR count). The van der Waals surface area contributed by atoms with Crippen molar-refractivity contribution in [2.45, 2.75) is 27.3 Å². The van der Waals surface area contributed by atoms with Crippen molar-refractivity contribution in [1.29, 1.82) is 0 Å². The fraction of sp³-hybridized carbons (Fsp3) is 0.308. The molecule has 4 heteroatoms. The molecule has 0 amide bonds. The van der Waals surface area contributed by atoms with E-state index in [1.54, 1.807) is 6.07 Å². The molecule has 0 radical (unpaired) electrons. The van der Waals surface area contributed by atoms with E-state index < -0.39 is 0 Å². The maximum atomic E-state index is 13.6. The van der Waals surface area contributed by atoms with E-state index in [1.807, 2.05) is 26.8 Å². The third kappa shape index (κ3) is 2.30. The van der Waals surface area contributed by atoms with Crippen LogP contribution in [-0.4, -0.2) is 10.2 Å². The summed E-state index contributed by atoms with van der Waals surface area (Å²) in [5.74, 6) is -0.219. The van der Waals surface area contributed by atoms with Gasteiger partial charge in [0.15, 0.2) is 0 Å². The maximum absolute atomic E-state index is 13.6. The molecule has 0 aliphatic carbocycles. The van der Waals surface area contributed by atoms with E-state index in [9.17, 15) is 4.39 Å². The van der Waals surface area contributed by atoms with Gasteiger partial charge in [0.25, 0.3) is 0 Å². The average molecular weight is 233 g/mol. The van der Waals surface area contributed by atoms with Crippen LogP contribution >= 0.6 is 0 Å². The number of hydrogen-bond acceptors (Lipinski definition) is 2. The van der Waals surface area contributed by atoms with Crippen molar-refractivity contribution in [2.75, 3.05) is 5.32 Å². The van der Waals surface area contributed by atoms with E-state index in [0.717, 1.165) is 22.5 Å². The first-order chi connectivity index (χ1) is 8.09. The first kappa shape index (κ1) is 11.6. The van der Waals surface area contributed by atoms with E-state index in [1.165, 1.54) is 6.07 Å². The lowest BCUT2D eigenvalue weighted by atomic mass is 10.1. The number of halogens is 1. The molecule has 0 saturated heterocycles. The van der Waals surface area contributed by atoms with Crippen LogP contribution in [0.1, 0.15) is 22.5 Å². The number of rotatable bonds is 3. The van der Waals surface area contributed by atoms with E-state index >= 15 is 0 Å². The fourth-order valence-corrected chi connectivity index (χ4v) is 1.87. The van der Waals surface area contributed by atoms with Crippen LogP contribution in [0.5, 0.6) is 0 Å². The summed E-state index contributed by atoms with van der Waals surface area (Å²) < 4.78 is 13.6. The molecule has 0 atom stereocenters. The molecule has 0 aliphatic rings. The van der Waals surface area contributed by atoms with Crippen molar-refractivity contribution in [3.05, 3.63) is 46.5 Å². The van der Waals surface area contributed by atoms with Gasteiger partial charge in [0.1, 0.15) is 5.82 Å². The van der Waals surface area contributed by atoms with E-state index in [0.29, 0.717) is 12.2 Å². The normalized spacial score (nSPS) is 10.6. The number of aromatic amines is 1. The van der Waals surface area contributed by atoms with Gasteiger partial charge in [-0.15, -0.1) is 0 Å². The van der Waals surface area contributed by atoms with Crippen molar-refractivity contribution in [1.82, 2.24) is 10.2 Å². The Balaban J connectivity index is 2.18. The summed E-state index contributed by atoms with van der Waals surface area (Å²) in [6.45, 7) is 6.37. The Hall–Kier alpha value is -1.84. The van der Waals surface area contributed by atoms with Gasteiger partial charge in [-0.25, -0.2) is 4.39 Å². The van der Waals surface area contributed by atoms with Gasteiger partial charge in [0.05, 0.1) is 11.4 Å². The number of anilines is 1. The predicted octanol–water partition coefficient (Wildman–Crippen LogP) is 3.09. The molecule has 0 unspecified atom stereocenters. The summed E-state index contributed by atoms with van der Waals surface area (Å²) in [6, 6.07) is 5.06. The minimum absolute atomic E-state index is 0.219. The Labute approximate surface area is 100 Å². The number of para-hydroxylation sites is 1. The summed E-state index contributed by atoms with van der Waals surface area (Å²) >= 11 is 0. The molecular weight excluding hydrogens is 217 g/mol. The summed E-state index contributed by atoms with van der Waals surface area (Å²) in [5, 5.41) is 10.2. The Morgan fingerprint density at radius 3 is 2.65 bits per heavy atom. The molecule has 0 spiro atoms. The number of hydrogen-bond donors (Lipinski definition) is 2. The minimum atomic E-state index is -0.219. The lowest BCUT2D eigenvalue weighted by molar-refractivity contribution is 0.629. The second kappa shape index (κ2) is 4.57. The van der Waals surface area contributed by atoms with Crippen molar-refractivity contribution in [3.63, 3.8) is 0 Å². The Bertz CT molecular complexity index is 492. The Morgan fingerprint density at radius 1 is 1.29 bits per heavy atom. The third-order valence-corrected chi connectivity index (χ3v) is 2.94. The lowest BCUT2D eigenvalue weighted by Crippen LogP contribution is -2.04. The van der Waals surface area contributed by atoms with Gasteiger partial charge in [0.2, 0.25) is 0 Å². The van der Waals surface area contributed by atoms with Gasteiger partial charge in [-0.3, -0.25) is 5.10 Å². The third-order valence-electron chi connectivity index (χ3n) is 2.94. The Kier molecular flexibility index (Phi) is 3.13. The molecule has 1 aromatic carbocycles. The number of nitrogens with zero attached hydrogens (tertiary/aromatic N) is 1. The van der Waals surface area contributed by atoms with E-state index in [4.69, 9.17) is 0 Å². The van der Waals surface area contributed by atoms with Crippen LogP contribution in [0.15, 0.2) is 18.2 Å². The van der Waals surface area contributed by atoms with Gasteiger partial charge in [-0.1, -0.05) is 12.1 Å². The van der Waals surface area contributed by atoms with Crippen LogP contribution in [0.2, 0.25) is 0 Å². The number of nitrogens with one attached hydrogen (secondary N) is 2. The van der Waals surface area contributed by atoms with Gasteiger partial charge < -0.3 is 5.32 Å². The van der Waals surface area contributed by atoms with Crippen LogP contribution in [0.3, 0.4) is 0 Å². The molecule has 2 aromatic rings. The molecule has 2 N–H and O–H groups in total. The standard InChI is InChI=1S/C13H16FN3/c1-8-5-4-6-12(14)13(8)15-7-11-9(2)16-17-10(11)3/h4-6,15H,7H2,1-3H3,(H,16,17). The number of H-pyrrole nitrogens is 1. The SMILES string of the molecule is Cc1cccc(F)c1NCc1c(C)n[nH]c1C. The van der Waals surface area contributed by atoms with E-state index in [2.05, 4.69) is 15.5 Å². The number of benzene rings is 1. The maximum Gasteiger partial charge on any atom is 0.146 e. The van der Waals surface area contributed by atoms with Gasteiger partial charge in [0, 0.05) is 17.8 Å². The van der Waals surface area contributed by atoms with Crippen molar-refractivity contribution < 1.29 is 4.39 Å². The average Bonchev–Trinajstić information content (AvgIpc) is 2.59. The molecule has 0 aliphatic heterocycles. The molecular formula is C13H16FN3. The second-order valence-corrected chi connectivity index (χ2v) is 4.20. The minimum Gasteiger partial charge on any atom is -0.378 e. The topological polar surface area (TPSA) is 40.7 Å². The molecule has 3 nitrogen and oxygen atoms in total. The monoisotopic (exact) mass is 233 g/mol. The van der Waals surface area contributed by atoms with Crippen molar-refractivity contribution in [2.24, 2.45) is 0 Å². The highest BCUT2D eigenvalue weighted by Gasteiger charge is 2.08. The summed E-state index contributed by atoms with van der Waals surface area (Å²) in [7, 11) is 0. The molecule has 17 heavy (non-hydrogen) atoms. The van der Waals surface area contributed by atoms with Crippen LogP contribution in [0, 0.1) is 26.6 Å². The summed E-state index contributed by atoms with van der Waals surface area (Å²) in [6.07, 6.45) is 0. The van der Waals surface area contributed by atoms with E-state index in [-0.39, 0.29) is 5.82 Å². The van der Waals surface area contributed by atoms with Gasteiger partial charge in [-0.2, -0.15) is 5.10 Å². The van der Waals surface area contributed by atoms with Crippen LogP contribution < -0.4 is 5.32 Å². The highest BCUT2D eigenvalue weighted by Crippen LogP contribution is 2.20. The van der Waals surface area contributed by atoms with Crippen LogP contribution in [0.25, 0.3) is 0 Å². The number of aromatic nitrogens is 2. The highest BCUT2D eigenvalue weighted by atomic mass is 19.1. The van der Waals surface area contributed by atoms with Gasteiger partial charge >= 0.3 is 0 Å². The smallest absolute Gasteiger partial charge is 0.146 e. The highest BCUT2D eigenvalue weighted by molar-refractivity contribution is 5.52. The lowest BCUT2D eigenvalue weighted by Gasteiger charge is -2.10. The van der Waals surface area contributed by atoms with Crippen LogP contribution in [-0.2, 0) is 6.54 Å². The van der Waals surface area contributed by atoms with Gasteiger partial charge in [-0.05, 0) is 32.4 Å². The zero-order valence-corrected chi connectivity index (χ0v) is 10.3. The molecule has 1 heterocycles. The van der Waals surface area contributed by atoms with Crippen LogP contribution in [0.4, 0.5) is 10.1 Å². The largest absolute Gasteiger partial charge is 0.378 e. The first-order valence-electron chi connectivity index (χ1n) is 5.59. The molecule has 0 fully saturated rings. The number of aryl methyl sites for hydroxylation is 3. The van der Waals surface area contributed by atoms with Crippen molar-refractivity contribution in [3.8, 4) is 0 Å². The Morgan fingerprint density at radius 2 is 2.06 bits per heavy atom. The zero-order chi connectivity index (χ0) is 12.4. The predicted molar refractivity (Wildman–Crippen MR) is 66.5 cm³/mol. The molecule has 90 valence electrons.